The molecule has 1 saturated carbocycles. The number of guanidine groups is 1. The molecule has 0 aromatic carbocycles. The molecule has 1 aliphatic carbocycles. The van der Waals surface area contributed by atoms with Crippen LogP contribution in [0.4, 0.5) is 0 Å². The molecule has 2 fully saturated rings. The van der Waals surface area contributed by atoms with Crippen LogP contribution in [0.2, 0.25) is 0 Å². The van der Waals surface area contributed by atoms with Gasteiger partial charge in [-0.15, -0.1) is 24.0 Å². The van der Waals surface area contributed by atoms with Gasteiger partial charge < -0.3 is 14.7 Å². The van der Waals surface area contributed by atoms with E-state index in [0.29, 0.717) is 31.9 Å². The largest absolute Gasteiger partial charge is 0.364 e. The minimum Gasteiger partial charge on any atom is -0.364 e. The second-order valence-corrected chi connectivity index (χ2v) is 10.5. The van der Waals surface area contributed by atoms with E-state index in [1.165, 1.54) is 36.3 Å². The Bertz CT molecular complexity index is 753. The number of hydrogen-bond donors (Lipinski definition) is 1. The molecule has 1 N–H and O–H groups in total. The van der Waals surface area contributed by atoms with Crippen molar-refractivity contribution in [1.82, 2.24) is 19.7 Å². The maximum Gasteiger partial charge on any atom is 0.220 e. The van der Waals surface area contributed by atoms with E-state index < -0.39 is 10.0 Å². The van der Waals surface area contributed by atoms with Gasteiger partial charge in [-0.3, -0.25) is 4.99 Å². The summed E-state index contributed by atoms with van der Waals surface area (Å²) in [7, 11) is -1.59. The molecule has 2 aliphatic rings. The average Bonchev–Trinajstić information content (AvgIpc) is 3.36. The highest BCUT2D eigenvalue weighted by molar-refractivity contribution is 14.0. The summed E-state index contributed by atoms with van der Waals surface area (Å²) in [5.41, 5.74) is 0.670. The van der Waals surface area contributed by atoms with Crippen LogP contribution in [0.15, 0.2) is 21.8 Å². The molecular weight excluding hydrogens is 505 g/mol. The molecule has 2 heterocycles. The number of aromatic nitrogens is 1. The fraction of sp³-hybridized carbons (Fsp3) is 0.789. The number of rotatable bonds is 6. The first-order chi connectivity index (χ1) is 13.3. The maximum atomic E-state index is 12.6. The van der Waals surface area contributed by atoms with Crippen LogP contribution in [0.5, 0.6) is 0 Å². The van der Waals surface area contributed by atoms with Crippen LogP contribution >= 0.6 is 24.0 Å². The topological polar surface area (TPSA) is 91.0 Å². The highest BCUT2D eigenvalue weighted by Crippen LogP contribution is 2.39. The van der Waals surface area contributed by atoms with Crippen molar-refractivity contribution in [2.75, 3.05) is 39.8 Å². The van der Waals surface area contributed by atoms with Gasteiger partial charge in [0.25, 0.3) is 0 Å². The highest BCUT2D eigenvalue weighted by atomic mass is 127. The standard InChI is InChI=1S/C19H33N5O3S.HI/c1-19(2,16-6-4-5-7-16)15-21-18(20-3)23-9-11-24(12-10-23)28(25,26)14-17-8-13-27-22-17;/h8,13,16H,4-7,9-12,14-15H2,1-3H3,(H,20,21);1H. The van der Waals surface area contributed by atoms with Crippen LogP contribution in [0.25, 0.3) is 0 Å². The van der Waals surface area contributed by atoms with Gasteiger partial charge in [0.05, 0.1) is 5.69 Å². The Balaban J connectivity index is 0.00000300. The van der Waals surface area contributed by atoms with Gasteiger partial charge in [-0.1, -0.05) is 31.8 Å². The SMILES string of the molecule is CN=C(NCC(C)(C)C1CCCC1)N1CCN(S(=O)(=O)Cc2ccon2)CC1.I. The number of piperazine rings is 1. The van der Waals surface area contributed by atoms with Crippen LogP contribution in [-0.4, -0.2) is 68.5 Å². The average molecular weight is 539 g/mol. The number of nitrogens with one attached hydrogen (secondary N) is 1. The van der Waals surface area contributed by atoms with Gasteiger partial charge in [0.2, 0.25) is 10.0 Å². The van der Waals surface area contributed by atoms with Crippen molar-refractivity contribution in [3.05, 3.63) is 18.0 Å². The normalized spacial score (nSPS) is 20.0. The Morgan fingerprint density at radius 1 is 1.28 bits per heavy atom. The molecule has 0 spiro atoms. The monoisotopic (exact) mass is 539 g/mol. The van der Waals surface area contributed by atoms with E-state index in [4.69, 9.17) is 4.52 Å². The quantitative estimate of drug-likeness (QED) is 0.340. The van der Waals surface area contributed by atoms with E-state index in [-0.39, 0.29) is 35.1 Å². The Hall–Kier alpha value is -0.880. The van der Waals surface area contributed by atoms with Crippen molar-refractivity contribution < 1.29 is 12.9 Å². The van der Waals surface area contributed by atoms with Gasteiger partial charge in [-0.05, 0) is 24.2 Å². The summed E-state index contributed by atoms with van der Waals surface area (Å²) in [6.45, 7) is 7.70. The van der Waals surface area contributed by atoms with Gasteiger partial charge in [0, 0.05) is 45.8 Å². The summed E-state index contributed by atoms with van der Waals surface area (Å²) >= 11 is 0. The van der Waals surface area contributed by atoms with E-state index in [1.807, 2.05) is 0 Å². The van der Waals surface area contributed by atoms with Gasteiger partial charge in [-0.25, -0.2) is 8.42 Å². The summed E-state index contributed by atoms with van der Waals surface area (Å²) in [6.07, 6.45) is 6.71. The lowest BCUT2D eigenvalue weighted by molar-refractivity contribution is 0.210. The third-order valence-corrected chi connectivity index (χ3v) is 7.94. The minimum atomic E-state index is -3.38. The van der Waals surface area contributed by atoms with Gasteiger partial charge >= 0.3 is 0 Å². The number of nitrogens with zero attached hydrogens (tertiary/aromatic N) is 4. The molecule has 8 nitrogen and oxygen atoms in total. The third kappa shape index (κ3) is 6.30. The van der Waals surface area contributed by atoms with Gasteiger partial charge in [0.15, 0.2) is 5.96 Å². The zero-order chi connectivity index (χ0) is 20.2. The number of sulfonamides is 1. The van der Waals surface area contributed by atoms with Crippen LogP contribution in [0.1, 0.15) is 45.2 Å². The van der Waals surface area contributed by atoms with Gasteiger partial charge in [-0.2, -0.15) is 4.31 Å². The lowest BCUT2D eigenvalue weighted by Gasteiger charge is -2.38. The predicted molar refractivity (Wildman–Crippen MR) is 125 cm³/mol. The smallest absolute Gasteiger partial charge is 0.220 e. The molecule has 3 rings (SSSR count). The highest BCUT2D eigenvalue weighted by Gasteiger charge is 2.33. The second kappa shape index (κ2) is 10.4. The summed E-state index contributed by atoms with van der Waals surface area (Å²) in [5.74, 6) is 1.50. The molecule has 10 heteroatoms. The van der Waals surface area contributed by atoms with Crippen molar-refractivity contribution in [2.24, 2.45) is 16.3 Å². The fourth-order valence-electron chi connectivity index (χ4n) is 4.26. The first-order valence-electron chi connectivity index (χ1n) is 10.1. The van der Waals surface area contributed by atoms with Crippen LogP contribution < -0.4 is 5.32 Å². The first kappa shape index (κ1) is 24.4. The van der Waals surface area contributed by atoms with E-state index in [1.54, 1.807) is 13.1 Å². The molecular formula is C19H34IN5O3S. The number of aliphatic imine (C=N–C) groups is 1. The zero-order valence-corrected chi connectivity index (χ0v) is 20.8. The van der Waals surface area contributed by atoms with Crippen LogP contribution in [0.3, 0.4) is 0 Å². The van der Waals surface area contributed by atoms with Crippen LogP contribution in [-0.2, 0) is 15.8 Å². The van der Waals surface area contributed by atoms with E-state index in [9.17, 15) is 8.42 Å². The van der Waals surface area contributed by atoms with Crippen LogP contribution in [0, 0.1) is 11.3 Å². The summed E-state index contributed by atoms with van der Waals surface area (Å²) in [4.78, 5) is 6.58. The van der Waals surface area contributed by atoms with Crippen molar-refractivity contribution in [1.29, 1.82) is 0 Å². The summed E-state index contributed by atoms with van der Waals surface area (Å²) in [6, 6.07) is 1.59. The Labute approximate surface area is 191 Å². The van der Waals surface area contributed by atoms with Crippen molar-refractivity contribution >= 4 is 40.0 Å². The molecule has 1 aromatic heterocycles. The van der Waals surface area contributed by atoms with E-state index in [2.05, 4.69) is 34.2 Å². The zero-order valence-electron chi connectivity index (χ0n) is 17.6. The Morgan fingerprint density at radius 2 is 1.93 bits per heavy atom. The second-order valence-electron chi connectivity index (χ2n) is 8.50. The minimum absolute atomic E-state index is 0. The molecule has 1 saturated heterocycles. The Kier molecular flexibility index (Phi) is 8.77. The lowest BCUT2D eigenvalue weighted by atomic mass is 9.78. The van der Waals surface area contributed by atoms with E-state index >= 15 is 0 Å². The van der Waals surface area contributed by atoms with E-state index in [0.717, 1.165) is 18.4 Å². The first-order valence-corrected chi connectivity index (χ1v) is 11.8. The Morgan fingerprint density at radius 3 is 2.48 bits per heavy atom. The molecule has 29 heavy (non-hydrogen) atoms. The third-order valence-electron chi connectivity index (χ3n) is 6.13. The molecule has 1 aliphatic heterocycles. The number of halogens is 1. The molecule has 0 unspecified atom stereocenters. The predicted octanol–water partition coefficient (Wildman–Crippen LogP) is 2.53. The molecule has 0 atom stereocenters. The molecule has 0 radical (unpaired) electrons. The summed E-state index contributed by atoms with van der Waals surface area (Å²) < 4.78 is 31.4. The molecule has 0 amide bonds. The lowest BCUT2D eigenvalue weighted by Crippen LogP contribution is -2.55. The van der Waals surface area contributed by atoms with Crippen molar-refractivity contribution in [2.45, 2.75) is 45.3 Å². The van der Waals surface area contributed by atoms with Crippen molar-refractivity contribution in [3.8, 4) is 0 Å². The summed E-state index contributed by atoms with van der Waals surface area (Å²) in [5, 5.41) is 7.24. The fourth-order valence-corrected chi connectivity index (χ4v) is 5.68. The van der Waals surface area contributed by atoms with Gasteiger partial charge in [0.1, 0.15) is 12.0 Å². The maximum absolute atomic E-state index is 12.6. The molecule has 166 valence electrons. The molecule has 0 bridgehead atoms. The van der Waals surface area contributed by atoms with Crippen molar-refractivity contribution in [3.63, 3.8) is 0 Å². The number of hydrogen-bond acceptors (Lipinski definition) is 5. The molecule has 1 aromatic rings.